The third kappa shape index (κ3) is 5.59. The first kappa shape index (κ1) is 15.8. The Morgan fingerprint density at radius 2 is 1.67 bits per heavy atom. The zero-order valence-corrected chi connectivity index (χ0v) is 12.9. The average molecular weight is 231 g/mol. The Labute approximate surface area is 135 Å². The summed E-state index contributed by atoms with van der Waals surface area (Å²) in [4.78, 5) is 2.43. The summed E-state index contributed by atoms with van der Waals surface area (Å²) in [5.41, 5.74) is 1.39. The van der Waals surface area contributed by atoms with Crippen LogP contribution in [-0.4, -0.2) is 31.2 Å². The monoisotopic (exact) mass is 231 g/mol. The van der Waals surface area contributed by atoms with Gasteiger partial charge in [-0.2, -0.15) is 0 Å². The van der Waals surface area contributed by atoms with Gasteiger partial charge in [-0.3, -0.25) is 4.90 Å². The summed E-state index contributed by atoms with van der Waals surface area (Å²) >= 11 is 0. The van der Waals surface area contributed by atoms with Crippen LogP contribution in [-0.2, 0) is 11.3 Å². The first-order valence-corrected chi connectivity index (χ1v) is 4.79. The molecule has 0 N–H and O–H groups in total. The van der Waals surface area contributed by atoms with Crippen molar-refractivity contribution in [1.82, 2.24) is 4.90 Å². The fourth-order valence-electron chi connectivity index (χ4n) is 1.60. The van der Waals surface area contributed by atoms with Crippen LogP contribution in [0, 0.1) is 7.43 Å². The number of rotatable bonds is 2. The second-order valence-corrected chi connectivity index (χ2v) is 3.37. The molecular weight excluding hydrogens is 213 g/mol. The molecule has 0 amide bonds. The Hall–Kier alpha value is 0.776. The van der Waals surface area contributed by atoms with Crippen molar-refractivity contribution in [1.29, 1.82) is 0 Å². The van der Waals surface area contributed by atoms with Gasteiger partial charge in [-0.05, 0) is 5.56 Å². The maximum absolute atomic E-state index is 5.30. The fraction of sp³-hybridized carbons (Fsp3) is 0.417. The Kier molecular flexibility index (Phi) is 9.33. The molecule has 0 saturated carbocycles. The van der Waals surface area contributed by atoms with Crippen LogP contribution in [0.25, 0.3) is 0 Å². The van der Waals surface area contributed by atoms with Gasteiger partial charge in [0.05, 0.1) is 13.2 Å². The zero-order valence-electron chi connectivity index (χ0n) is 9.78. The third-order valence-corrected chi connectivity index (χ3v) is 2.35. The zero-order chi connectivity index (χ0) is 8.93. The van der Waals surface area contributed by atoms with Crippen molar-refractivity contribution in [3.63, 3.8) is 0 Å². The number of nitrogens with zero attached hydrogens (tertiary/aromatic N) is 1. The van der Waals surface area contributed by atoms with Gasteiger partial charge >= 0.3 is 51.4 Å². The molecule has 1 aromatic rings. The van der Waals surface area contributed by atoms with Gasteiger partial charge in [0, 0.05) is 19.6 Å². The Balaban J connectivity index is 0.000000980. The van der Waals surface area contributed by atoms with Crippen LogP contribution < -0.4 is 51.4 Å². The van der Waals surface area contributed by atoms with Crippen molar-refractivity contribution in [3.05, 3.63) is 43.3 Å². The van der Waals surface area contributed by atoms with E-state index in [-0.39, 0.29) is 58.8 Å². The molecule has 0 aliphatic carbocycles. The fourth-order valence-corrected chi connectivity index (χ4v) is 1.60. The summed E-state index contributed by atoms with van der Waals surface area (Å²) in [5.74, 6) is 0. The molecule has 15 heavy (non-hydrogen) atoms. The van der Waals surface area contributed by atoms with Gasteiger partial charge in [-0.15, -0.1) is 0 Å². The van der Waals surface area contributed by atoms with Gasteiger partial charge in [0.1, 0.15) is 0 Å². The predicted octanol–water partition coefficient (Wildman–Crippen LogP) is -1.03. The van der Waals surface area contributed by atoms with Gasteiger partial charge in [-0.25, -0.2) is 0 Å². The topological polar surface area (TPSA) is 12.5 Å². The molecule has 0 spiro atoms. The summed E-state index contributed by atoms with van der Waals surface area (Å²) in [6, 6.07) is 10.6. The smallest absolute Gasteiger partial charge is 0.379 e. The molecule has 0 atom stereocenters. The van der Waals surface area contributed by atoms with Crippen molar-refractivity contribution >= 4 is 0 Å². The molecule has 0 unspecified atom stereocenters. The van der Waals surface area contributed by atoms with Gasteiger partial charge < -0.3 is 12.2 Å². The van der Waals surface area contributed by atoms with Crippen molar-refractivity contribution in [2.24, 2.45) is 0 Å². The van der Waals surface area contributed by atoms with Crippen molar-refractivity contribution in [2.75, 3.05) is 26.3 Å². The van der Waals surface area contributed by atoms with E-state index >= 15 is 0 Å². The van der Waals surface area contributed by atoms with Crippen LogP contribution in [0.1, 0.15) is 5.56 Å². The number of morpholine rings is 1. The molecule has 1 aromatic carbocycles. The van der Waals surface area contributed by atoms with Crippen LogP contribution in [0.5, 0.6) is 0 Å². The summed E-state index contributed by atoms with van der Waals surface area (Å²) in [6.45, 7) is 4.95. The van der Waals surface area contributed by atoms with E-state index < -0.39 is 0 Å². The number of ether oxygens (including phenoxy) is 1. The van der Waals surface area contributed by atoms with Crippen LogP contribution in [0.3, 0.4) is 0 Å². The van der Waals surface area contributed by atoms with Gasteiger partial charge in [0.25, 0.3) is 0 Å². The minimum atomic E-state index is 0. The molecule has 1 saturated heterocycles. The number of benzene rings is 1. The standard InChI is InChI=1S/C11H15NO.CH3.K/c1-2-4-11(5-3-1)10-12-6-8-13-9-7-12;;/h1-5H,6-10H2;1H3;/q;-1;+1. The van der Waals surface area contributed by atoms with E-state index in [4.69, 9.17) is 4.74 Å². The Morgan fingerprint density at radius 1 is 1.07 bits per heavy atom. The van der Waals surface area contributed by atoms with Crippen molar-refractivity contribution in [3.8, 4) is 0 Å². The molecule has 0 radical (unpaired) electrons. The summed E-state index contributed by atoms with van der Waals surface area (Å²) in [7, 11) is 0. The largest absolute Gasteiger partial charge is 1.00 e. The summed E-state index contributed by atoms with van der Waals surface area (Å²) in [6.07, 6.45) is 0. The van der Waals surface area contributed by atoms with E-state index in [1.54, 1.807) is 0 Å². The van der Waals surface area contributed by atoms with Crippen LogP contribution in [0.2, 0.25) is 0 Å². The van der Waals surface area contributed by atoms with Crippen molar-refractivity contribution in [2.45, 2.75) is 6.54 Å². The molecule has 1 heterocycles. The molecular formula is C12H18KNO. The molecule has 0 bridgehead atoms. The second kappa shape index (κ2) is 8.87. The molecule has 1 fully saturated rings. The Morgan fingerprint density at radius 3 is 2.27 bits per heavy atom. The minimum Gasteiger partial charge on any atom is -0.379 e. The Bertz CT molecular complexity index is 247. The average Bonchev–Trinajstić information content (AvgIpc) is 2.21. The predicted molar refractivity (Wildman–Crippen MR) is 59.0 cm³/mol. The molecule has 1 aliphatic rings. The molecule has 2 nitrogen and oxygen atoms in total. The second-order valence-electron chi connectivity index (χ2n) is 3.37. The summed E-state index contributed by atoms with van der Waals surface area (Å²) in [5, 5.41) is 0. The van der Waals surface area contributed by atoms with Gasteiger partial charge in [-0.1, -0.05) is 30.3 Å². The van der Waals surface area contributed by atoms with Crippen molar-refractivity contribution < 1.29 is 56.1 Å². The van der Waals surface area contributed by atoms with Gasteiger partial charge in [0.15, 0.2) is 0 Å². The van der Waals surface area contributed by atoms with Crippen LogP contribution >= 0.6 is 0 Å². The van der Waals surface area contributed by atoms with E-state index in [2.05, 4.69) is 35.2 Å². The third-order valence-electron chi connectivity index (χ3n) is 2.35. The van der Waals surface area contributed by atoms with E-state index in [0.29, 0.717) is 0 Å². The molecule has 2 rings (SSSR count). The van der Waals surface area contributed by atoms with E-state index in [9.17, 15) is 0 Å². The number of hydrogen-bond acceptors (Lipinski definition) is 2. The quantitative estimate of drug-likeness (QED) is 0.477. The normalized spacial score (nSPS) is 16.3. The molecule has 3 heteroatoms. The first-order valence-electron chi connectivity index (χ1n) is 4.79. The molecule has 78 valence electrons. The van der Waals surface area contributed by atoms with Crippen LogP contribution in [0.4, 0.5) is 0 Å². The number of hydrogen-bond donors (Lipinski definition) is 0. The first-order chi connectivity index (χ1) is 6.45. The van der Waals surface area contributed by atoms with E-state index in [0.717, 1.165) is 32.8 Å². The van der Waals surface area contributed by atoms with E-state index in [1.807, 2.05) is 0 Å². The summed E-state index contributed by atoms with van der Waals surface area (Å²) < 4.78 is 5.30. The van der Waals surface area contributed by atoms with Crippen LogP contribution in [0.15, 0.2) is 30.3 Å². The molecule has 0 aromatic heterocycles. The van der Waals surface area contributed by atoms with E-state index in [1.165, 1.54) is 5.56 Å². The SMILES string of the molecule is [CH3-].[K+].c1ccc(CN2CCOCC2)cc1. The minimum absolute atomic E-state index is 0. The van der Waals surface area contributed by atoms with Gasteiger partial charge in [0.2, 0.25) is 0 Å². The molecule has 1 aliphatic heterocycles. The maximum atomic E-state index is 5.30. The maximum Gasteiger partial charge on any atom is 1.00 e.